The molecule has 2 N–H and O–H groups in total. The molecule has 132 valence electrons. The second kappa shape index (κ2) is 10.7. The van der Waals surface area contributed by atoms with Gasteiger partial charge in [0.1, 0.15) is 6.10 Å². The van der Waals surface area contributed by atoms with Crippen molar-refractivity contribution in [3.8, 4) is 0 Å². The first kappa shape index (κ1) is 18.3. The number of carbonyl (C=O) groups excluding carboxylic acids is 1. The van der Waals surface area contributed by atoms with Gasteiger partial charge in [-0.25, -0.2) is 0 Å². The zero-order chi connectivity index (χ0) is 17.0. The van der Waals surface area contributed by atoms with Crippen LogP contribution in [0.25, 0.3) is 0 Å². The highest BCUT2D eigenvalue weighted by Crippen LogP contribution is 2.21. The van der Waals surface area contributed by atoms with E-state index >= 15 is 0 Å². The third-order valence-corrected chi connectivity index (χ3v) is 4.22. The Labute approximate surface area is 144 Å². The highest BCUT2D eigenvalue weighted by atomic mass is 16.5. The molecule has 0 amide bonds. The average Bonchev–Trinajstić information content (AvgIpc) is 3.11. The first-order valence-electron chi connectivity index (χ1n) is 8.96. The normalized spacial score (nSPS) is 15.3. The first-order valence-corrected chi connectivity index (χ1v) is 8.96. The van der Waals surface area contributed by atoms with Gasteiger partial charge in [0.25, 0.3) is 0 Å². The van der Waals surface area contributed by atoms with E-state index < -0.39 is 0 Å². The fourth-order valence-corrected chi connectivity index (χ4v) is 2.88. The van der Waals surface area contributed by atoms with E-state index in [2.05, 4.69) is 27.8 Å². The predicted molar refractivity (Wildman–Crippen MR) is 97.1 cm³/mol. The molecule has 0 unspecified atom stereocenters. The molecular weight excluding hydrogens is 302 g/mol. The van der Waals surface area contributed by atoms with Crippen LogP contribution < -0.4 is 10.6 Å². The van der Waals surface area contributed by atoms with Gasteiger partial charge in [0.15, 0.2) is 5.96 Å². The maximum Gasteiger partial charge on any atom is 0.306 e. The van der Waals surface area contributed by atoms with Gasteiger partial charge in [-0.1, -0.05) is 30.3 Å². The summed E-state index contributed by atoms with van der Waals surface area (Å²) in [6, 6.07) is 10.4. The number of aliphatic imine (C=N–C) groups is 1. The predicted octanol–water partition coefficient (Wildman–Crippen LogP) is 2.66. The Morgan fingerprint density at radius 3 is 2.58 bits per heavy atom. The Morgan fingerprint density at radius 1 is 1.17 bits per heavy atom. The number of benzene rings is 1. The van der Waals surface area contributed by atoms with Crippen LogP contribution in [0.4, 0.5) is 0 Å². The number of guanidine groups is 1. The van der Waals surface area contributed by atoms with Gasteiger partial charge in [0.05, 0.1) is 0 Å². The molecule has 0 saturated heterocycles. The molecule has 1 saturated carbocycles. The van der Waals surface area contributed by atoms with Crippen molar-refractivity contribution in [3.63, 3.8) is 0 Å². The van der Waals surface area contributed by atoms with Crippen LogP contribution in [0.5, 0.6) is 0 Å². The Hall–Kier alpha value is -2.04. The summed E-state index contributed by atoms with van der Waals surface area (Å²) in [5.74, 6) is 0.700. The fraction of sp³-hybridized carbons (Fsp3) is 0.579. The molecule has 0 aliphatic heterocycles. The van der Waals surface area contributed by atoms with Crippen LogP contribution >= 0.6 is 0 Å². The Bertz CT molecular complexity index is 511. The van der Waals surface area contributed by atoms with Gasteiger partial charge in [0.2, 0.25) is 0 Å². The molecule has 0 spiro atoms. The molecule has 0 bridgehead atoms. The zero-order valence-electron chi connectivity index (χ0n) is 14.6. The van der Waals surface area contributed by atoms with Crippen LogP contribution in [0.15, 0.2) is 35.3 Å². The lowest BCUT2D eigenvalue weighted by Gasteiger charge is -2.13. The molecule has 1 fully saturated rings. The summed E-state index contributed by atoms with van der Waals surface area (Å²) >= 11 is 0. The number of hydrogen-bond acceptors (Lipinski definition) is 3. The number of nitrogens with zero attached hydrogens (tertiary/aromatic N) is 1. The number of rotatable bonds is 8. The summed E-state index contributed by atoms with van der Waals surface area (Å²) in [4.78, 5) is 15.9. The lowest BCUT2D eigenvalue weighted by atomic mass is 10.1. The van der Waals surface area contributed by atoms with Gasteiger partial charge in [-0.15, -0.1) is 0 Å². The van der Waals surface area contributed by atoms with Crippen LogP contribution in [0.2, 0.25) is 0 Å². The van der Waals surface area contributed by atoms with Crippen molar-refractivity contribution in [1.29, 1.82) is 0 Å². The molecule has 1 aromatic carbocycles. The quantitative estimate of drug-likeness (QED) is 0.333. The van der Waals surface area contributed by atoms with E-state index in [4.69, 9.17) is 4.74 Å². The van der Waals surface area contributed by atoms with E-state index in [1.54, 1.807) is 7.05 Å². The van der Waals surface area contributed by atoms with Gasteiger partial charge in [-0.05, 0) is 44.1 Å². The fourth-order valence-electron chi connectivity index (χ4n) is 2.88. The van der Waals surface area contributed by atoms with Crippen molar-refractivity contribution in [2.75, 3.05) is 20.1 Å². The molecular formula is C19H29N3O2. The van der Waals surface area contributed by atoms with Crippen LogP contribution in [0.3, 0.4) is 0 Å². The van der Waals surface area contributed by atoms with Crippen molar-refractivity contribution >= 4 is 11.9 Å². The molecule has 2 rings (SSSR count). The van der Waals surface area contributed by atoms with E-state index in [0.29, 0.717) is 13.0 Å². The van der Waals surface area contributed by atoms with Crippen molar-refractivity contribution in [3.05, 3.63) is 35.9 Å². The van der Waals surface area contributed by atoms with Gasteiger partial charge >= 0.3 is 5.97 Å². The zero-order valence-corrected chi connectivity index (χ0v) is 14.6. The summed E-state index contributed by atoms with van der Waals surface area (Å²) in [6.07, 6.45) is 6.77. The van der Waals surface area contributed by atoms with E-state index in [-0.39, 0.29) is 12.1 Å². The van der Waals surface area contributed by atoms with Gasteiger partial charge in [-0.3, -0.25) is 9.79 Å². The molecule has 24 heavy (non-hydrogen) atoms. The summed E-state index contributed by atoms with van der Waals surface area (Å²) in [5.41, 5.74) is 1.30. The molecule has 1 aromatic rings. The average molecular weight is 331 g/mol. The summed E-state index contributed by atoms with van der Waals surface area (Å²) in [5, 5.41) is 6.52. The molecule has 1 aliphatic rings. The van der Waals surface area contributed by atoms with Crippen LogP contribution in [-0.4, -0.2) is 38.2 Å². The third kappa shape index (κ3) is 7.02. The summed E-state index contributed by atoms with van der Waals surface area (Å²) in [6.45, 7) is 1.54. The summed E-state index contributed by atoms with van der Waals surface area (Å²) < 4.78 is 5.45. The third-order valence-electron chi connectivity index (χ3n) is 4.22. The maximum absolute atomic E-state index is 11.7. The molecule has 1 aliphatic carbocycles. The number of ether oxygens (including phenoxy) is 1. The molecule has 0 radical (unpaired) electrons. The molecule has 5 nitrogen and oxygen atoms in total. The Balaban J connectivity index is 1.53. The first-order chi connectivity index (χ1) is 11.8. The van der Waals surface area contributed by atoms with Gasteiger partial charge in [0, 0.05) is 26.6 Å². The lowest BCUT2D eigenvalue weighted by Crippen LogP contribution is -2.38. The van der Waals surface area contributed by atoms with Crippen LogP contribution in [-0.2, 0) is 16.0 Å². The van der Waals surface area contributed by atoms with Crippen molar-refractivity contribution < 1.29 is 9.53 Å². The van der Waals surface area contributed by atoms with Gasteiger partial charge < -0.3 is 15.4 Å². The number of esters is 1. The smallest absolute Gasteiger partial charge is 0.306 e. The number of carbonyl (C=O) groups is 1. The van der Waals surface area contributed by atoms with Gasteiger partial charge in [-0.2, -0.15) is 0 Å². The second-order valence-corrected chi connectivity index (χ2v) is 6.16. The van der Waals surface area contributed by atoms with Crippen LogP contribution in [0.1, 0.15) is 44.1 Å². The Kier molecular flexibility index (Phi) is 8.15. The highest BCUT2D eigenvalue weighted by Gasteiger charge is 2.18. The molecule has 0 atom stereocenters. The van der Waals surface area contributed by atoms with Crippen LogP contribution in [0, 0.1) is 0 Å². The SMILES string of the molecule is CN=C(NCCCC(=O)OC1CCCC1)NCCc1ccccc1. The Morgan fingerprint density at radius 2 is 1.88 bits per heavy atom. The minimum Gasteiger partial charge on any atom is -0.462 e. The minimum absolute atomic E-state index is 0.0734. The second-order valence-electron chi connectivity index (χ2n) is 6.16. The highest BCUT2D eigenvalue weighted by molar-refractivity contribution is 5.79. The van der Waals surface area contributed by atoms with E-state index in [9.17, 15) is 4.79 Å². The van der Waals surface area contributed by atoms with Crippen molar-refractivity contribution in [1.82, 2.24) is 10.6 Å². The lowest BCUT2D eigenvalue weighted by molar-refractivity contribution is -0.148. The van der Waals surface area contributed by atoms with Crippen molar-refractivity contribution in [2.45, 2.75) is 51.0 Å². The number of hydrogen-bond donors (Lipinski definition) is 2. The molecule has 0 aromatic heterocycles. The monoisotopic (exact) mass is 331 g/mol. The molecule has 0 heterocycles. The topological polar surface area (TPSA) is 62.7 Å². The van der Waals surface area contributed by atoms with Crippen molar-refractivity contribution in [2.24, 2.45) is 4.99 Å². The molecule has 5 heteroatoms. The number of nitrogens with one attached hydrogen (secondary N) is 2. The summed E-state index contributed by atoms with van der Waals surface area (Å²) in [7, 11) is 1.76. The van der Waals surface area contributed by atoms with E-state index in [1.165, 1.54) is 18.4 Å². The van der Waals surface area contributed by atoms with E-state index in [0.717, 1.165) is 38.2 Å². The maximum atomic E-state index is 11.7. The van der Waals surface area contributed by atoms with E-state index in [1.807, 2.05) is 18.2 Å². The standard InChI is InChI=1S/C19H29N3O2/c1-20-19(22-15-13-16-8-3-2-4-9-16)21-14-7-12-18(23)24-17-10-5-6-11-17/h2-4,8-9,17H,5-7,10-15H2,1H3,(H2,20,21,22). The largest absolute Gasteiger partial charge is 0.462 e. The minimum atomic E-state index is -0.0734.